The summed E-state index contributed by atoms with van der Waals surface area (Å²) in [6, 6.07) is 5.40. The van der Waals surface area contributed by atoms with Crippen LogP contribution in [0.4, 0.5) is 0 Å². The Bertz CT molecular complexity index is 862. The minimum atomic E-state index is -3.59. The number of fused-ring (bicyclic) bond motifs is 1. The second-order valence-electron chi connectivity index (χ2n) is 6.92. The Balaban J connectivity index is 0.00000261. The SMILES string of the molecule is Cc1cncc2cccc(S(=O)(=O)N3CCCNC[C@@H]3CCCCN)c12.Cl.Cl.Cl. The number of aromatic nitrogens is 1. The molecule has 6 nitrogen and oxygen atoms in total. The number of hydrogen-bond donors (Lipinski definition) is 2. The third-order valence-electron chi connectivity index (χ3n) is 5.03. The van der Waals surface area contributed by atoms with E-state index in [9.17, 15) is 8.42 Å². The number of nitrogens with one attached hydrogen (secondary N) is 1. The Morgan fingerprint density at radius 3 is 2.69 bits per heavy atom. The van der Waals surface area contributed by atoms with E-state index in [1.165, 1.54) is 0 Å². The molecule has 1 fully saturated rings. The normalized spacial score (nSPS) is 17.5. The number of benzene rings is 1. The monoisotopic (exact) mass is 484 g/mol. The molecule has 0 amide bonds. The first-order valence-electron chi connectivity index (χ1n) is 9.31. The number of hydrogen-bond acceptors (Lipinski definition) is 5. The summed E-state index contributed by atoms with van der Waals surface area (Å²) in [6.45, 7) is 4.63. The molecule has 3 rings (SSSR count). The minimum Gasteiger partial charge on any atom is -0.330 e. The molecule has 3 N–H and O–H groups in total. The van der Waals surface area contributed by atoms with E-state index >= 15 is 0 Å². The zero-order chi connectivity index (χ0) is 18.6. The molecular formula is C19H31Cl3N4O2S. The number of sulfonamides is 1. The van der Waals surface area contributed by atoms with Gasteiger partial charge in [-0.1, -0.05) is 18.6 Å². The molecule has 0 radical (unpaired) electrons. The third kappa shape index (κ3) is 6.40. The molecule has 0 unspecified atom stereocenters. The van der Waals surface area contributed by atoms with Crippen molar-refractivity contribution in [3.05, 3.63) is 36.2 Å². The summed E-state index contributed by atoms with van der Waals surface area (Å²) in [7, 11) is -3.59. The predicted octanol–water partition coefficient (Wildman–Crippen LogP) is 3.29. The Hall–Kier alpha value is -0.670. The van der Waals surface area contributed by atoms with Crippen molar-refractivity contribution in [1.82, 2.24) is 14.6 Å². The first-order valence-corrected chi connectivity index (χ1v) is 10.8. The quantitative estimate of drug-likeness (QED) is 0.613. The standard InChI is InChI=1S/C19H28N4O2S.3ClH/c1-15-12-22-13-16-6-4-8-18(19(15)16)26(24,25)23-11-5-10-21-14-17(23)7-2-3-9-20;;;/h4,6,8,12-13,17,21H,2-3,5,7,9-11,14,20H2,1H3;3*1H/t17-;;;/m0.../s1. The molecule has 1 aromatic heterocycles. The summed E-state index contributed by atoms with van der Waals surface area (Å²) < 4.78 is 28.9. The number of halogens is 3. The number of pyridine rings is 1. The van der Waals surface area contributed by atoms with Gasteiger partial charge in [-0.3, -0.25) is 4.98 Å². The lowest BCUT2D eigenvalue weighted by Gasteiger charge is -2.29. The van der Waals surface area contributed by atoms with Gasteiger partial charge in [-0.25, -0.2) is 8.42 Å². The molecule has 29 heavy (non-hydrogen) atoms. The van der Waals surface area contributed by atoms with Gasteiger partial charge in [-0.2, -0.15) is 4.31 Å². The van der Waals surface area contributed by atoms with Crippen molar-refractivity contribution in [2.24, 2.45) is 5.73 Å². The van der Waals surface area contributed by atoms with Crippen LogP contribution in [0.5, 0.6) is 0 Å². The van der Waals surface area contributed by atoms with Gasteiger partial charge < -0.3 is 11.1 Å². The summed E-state index contributed by atoms with van der Waals surface area (Å²) in [5, 5.41) is 5.02. The Morgan fingerprint density at radius 2 is 1.97 bits per heavy atom. The summed E-state index contributed by atoms with van der Waals surface area (Å²) >= 11 is 0. The predicted molar refractivity (Wildman–Crippen MR) is 126 cm³/mol. The first kappa shape index (κ1) is 28.3. The van der Waals surface area contributed by atoms with Gasteiger partial charge in [0.2, 0.25) is 10.0 Å². The van der Waals surface area contributed by atoms with Gasteiger partial charge in [0, 0.05) is 42.3 Å². The van der Waals surface area contributed by atoms with E-state index in [-0.39, 0.29) is 43.3 Å². The van der Waals surface area contributed by atoms with Crippen LogP contribution in [0.1, 0.15) is 31.2 Å². The molecular weight excluding hydrogens is 455 g/mol. The molecule has 0 saturated carbocycles. The molecule has 0 spiro atoms. The topological polar surface area (TPSA) is 88.3 Å². The van der Waals surface area contributed by atoms with Crippen molar-refractivity contribution in [3.8, 4) is 0 Å². The molecule has 2 heterocycles. The van der Waals surface area contributed by atoms with Crippen LogP contribution in [0.15, 0.2) is 35.5 Å². The van der Waals surface area contributed by atoms with E-state index in [0.717, 1.165) is 48.6 Å². The van der Waals surface area contributed by atoms with Crippen LogP contribution in [0.3, 0.4) is 0 Å². The molecule has 2 aromatic rings. The molecule has 166 valence electrons. The van der Waals surface area contributed by atoms with Gasteiger partial charge in [0.25, 0.3) is 0 Å². The number of aryl methyl sites for hydroxylation is 1. The van der Waals surface area contributed by atoms with Crippen LogP contribution in [-0.4, -0.2) is 49.9 Å². The van der Waals surface area contributed by atoms with Crippen LogP contribution < -0.4 is 11.1 Å². The molecule has 1 atom stereocenters. The van der Waals surface area contributed by atoms with Gasteiger partial charge in [0.15, 0.2) is 0 Å². The van der Waals surface area contributed by atoms with Crippen LogP contribution >= 0.6 is 37.2 Å². The van der Waals surface area contributed by atoms with E-state index in [4.69, 9.17) is 5.73 Å². The number of nitrogens with zero attached hydrogens (tertiary/aromatic N) is 2. The number of unbranched alkanes of at least 4 members (excludes halogenated alkanes) is 1. The molecule has 0 aliphatic carbocycles. The number of rotatable bonds is 6. The summed E-state index contributed by atoms with van der Waals surface area (Å²) in [5.74, 6) is 0. The highest BCUT2D eigenvalue weighted by Gasteiger charge is 2.33. The molecule has 10 heteroatoms. The molecule has 1 aromatic carbocycles. The van der Waals surface area contributed by atoms with Gasteiger partial charge in [0.1, 0.15) is 0 Å². The van der Waals surface area contributed by atoms with Gasteiger partial charge in [0.05, 0.1) is 4.90 Å². The Kier molecular flexibility index (Phi) is 12.6. The molecule has 1 aliphatic heterocycles. The smallest absolute Gasteiger partial charge is 0.243 e. The molecule has 0 bridgehead atoms. The fourth-order valence-electron chi connectivity index (χ4n) is 3.71. The highest BCUT2D eigenvalue weighted by Crippen LogP contribution is 2.30. The second-order valence-corrected chi connectivity index (χ2v) is 8.78. The van der Waals surface area contributed by atoms with Crippen molar-refractivity contribution in [3.63, 3.8) is 0 Å². The second kappa shape index (κ2) is 12.9. The van der Waals surface area contributed by atoms with E-state index in [0.29, 0.717) is 24.5 Å². The zero-order valence-electron chi connectivity index (χ0n) is 16.5. The average molecular weight is 486 g/mol. The lowest BCUT2D eigenvalue weighted by molar-refractivity contribution is 0.313. The van der Waals surface area contributed by atoms with Gasteiger partial charge in [-0.05, 0) is 50.9 Å². The highest BCUT2D eigenvalue weighted by atomic mass is 35.5. The maximum absolute atomic E-state index is 13.6. The Labute approximate surface area is 192 Å². The fraction of sp³-hybridized carbons (Fsp3) is 0.526. The van der Waals surface area contributed by atoms with E-state index in [1.54, 1.807) is 28.8 Å². The lowest BCUT2D eigenvalue weighted by Crippen LogP contribution is -2.43. The maximum Gasteiger partial charge on any atom is 0.243 e. The fourth-order valence-corrected chi connectivity index (χ4v) is 5.69. The summed E-state index contributed by atoms with van der Waals surface area (Å²) in [6.07, 6.45) is 6.96. The maximum atomic E-state index is 13.6. The van der Waals surface area contributed by atoms with E-state index in [2.05, 4.69) is 10.3 Å². The van der Waals surface area contributed by atoms with Crippen LogP contribution in [-0.2, 0) is 10.0 Å². The third-order valence-corrected chi connectivity index (χ3v) is 7.03. The van der Waals surface area contributed by atoms with E-state index < -0.39 is 10.0 Å². The average Bonchev–Trinajstić information content (AvgIpc) is 2.88. The molecule has 1 saturated heterocycles. The highest BCUT2D eigenvalue weighted by molar-refractivity contribution is 7.89. The Morgan fingerprint density at radius 1 is 1.21 bits per heavy atom. The van der Waals surface area contributed by atoms with Crippen molar-refractivity contribution >= 4 is 58.0 Å². The van der Waals surface area contributed by atoms with Gasteiger partial charge in [-0.15, -0.1) is 37.2 Å². The summed E-state index contributed by atoms with van der Waals surface area (Å²) in [5.41, 5.74) is 6.50. The van der Waals surface area contributed by atoms with Crippen LogP contribution in [0.25, 0.3) is 10.8 Å². The lowest BCUT2D eigenvalue weighted by atomic mass is 10.1. The van der Waals surface area contributed by atoms with Crippen LogP contribution in [0.2, 0.25) is 0 Å². The molecule has 1 aliphatic rings. The first-order chi connectivity index (χ1) is 12.6. The van der Waals surface area contributed by atoms with Crippen molar-refractivity contribution in [2.45, 2.75) is 43.5 Å². The minimum absolute atomic E-state index is 0. The van der Waals surface area contributed by atoms with Crippen molar-refractivity contribution < 1.29 is 8.42 Å². The van der Waals surface area contributed by atoms with Crippen molar-refractivity contribution in [1.29, 1.82) is 0 Å². The summed E-state index contributed by atoms with van der Waals surface area (Å²) in [4.78, 5) is 4.59. The largest absolute Gasteiger partial charge is 0.330 e. The van der Waals surface area contributed by atoms with Crippen LogP contribution in [0, 0.1) is 6.92 Å². The number of nitrogens with two attached hydrogens (primary N) is 1. The van der Waals surface area contributed by atoms with Crippen molar-refractivity contribution in [2.75, 3.05) is 26.2 Å². The van der Waals surface area contributed by atoms with E-state index in [1.807, 2.05) is 13.0 Å². The van der Waals surface area contributed by atoms with Gasteiger partial charge >= 0.3 is 0 Å². The zero-order valence-corrected chi connectivity index (χ0v) is 19.8.